The van der Waals surface area contributed by atoms with Gasteiger partial charge in [0.2, 0.25) is 0 Å². The minimum absolute atomic E-state index is 0.00454. The Balaban J connectivity index is 2.24. The fourth-order valence-electron chi connectivity index (χ4n) is 1.72. The molecule has 0 aromatic heterocycles. The molecule has 6 heteroatoms. The average molecular weight is 256 g/mol. The van der Waals surface area contributed by atoms with E-state index in [4.69, 9.17) is 0 Å². The molecule has 3 heterocycles. The van der Waals surface area contributed by atoms with Gasteiger partial charge in [0.25, 0.3) is 11.8 Å². The van der Waals surface area contributed by atoms with Crippen molar-refractivity contribution in [3.63, 3.8) is 0 Å². The van der Waals surface area contributed by atoms with Gasteiger partial charge in [-0.2, -0.15) is 0 Å². The smallest absolute Gasteiger partial charge is 0.258 e. The molecular weight excluding hydrogens is 244 g/mol. The lowest BCUT2D eigenvalue weighted by Gasteiger charge is -2.47. The first-order chi connectivity index (χ1) is 7.70. The Kier molecular flexibility index (Phi) is 3.30. The molecule has 0 aromatic carbocycles. The van der Waals surface area contributed by atoms with E-state index in [0.717, 1.165) is 0 Å². The summed E-state index contributed by atoms with van der Waals surface area (Å²) in [5, 5.41) is -0.805. The molecule has 2 amide bonds. The summed E-state index contributed by atoms with van der Waals surface area (Å²) >= 11 is 0. The first-order valence-corrected chi connectivity index (χ1v) is 7.13. The van der Waals surface area contributed by atoms with Crippen LogP contribution < -0.4 is 0 Å². The standard InChI is InChI=1S/C10H12N2O2S2/c1-3-5-11-7(13)10-12(6-4-2)8(14)9(11)15-16-10/h3-4,9-10H,1-2,5-6H2/t9-,10+. The van der Waals surface area contributed by atoms with Crippen molar-refractivity contribution in [2.24, 2.45) is 0 Å². The molecule has 0 radical (unpaired) electrons. The molecule has 0 saturated carbocycles. The summed E-state index contributed by atoms with van der Waals surface area (Å²) in [7, 11) is 2.90. The van der Waals surface area contributed by atoms with Gasteiger partial charge in [-0.3, -0.25) is 9.59 Å². The fourth-order valence-corrected chi connectivity index (χ4v) is 4.70. The molecule has 0 spiro atoms. The summed E-state index contributed by atoms with van der Waals surface area (Å²) in [5.74, 6) is -0.00907. The quantitative estimate of drug-likeness (QED) is 0.557. The molecule has 3 aliphatic rings. The van der Waals surface area contributed by atoms with Crippen molar-refractivity contribution in [3.8, 4) is 0 Å². The number of amides is 2. The third kappa shape index (κ3) is 1.66. The lowest BCUT2D eigenvalue weighted by atomic mass is 10.2. The lowest BCUT2D eigenvalue weighted by Crippen LogP contribution is -2.65. The molecule has 86 valence electrons. The molecule has 3 aliphatic heterocycles. The van der Waals surface area contributed by atoms with Crippen LogP contribution in [0.15, 0.2) is 25.3 Å². The van der Waals surface area contributed by atoms with Crippen molar-refractivity contribution in [1.82, 2.24) is 9.80 Å². The Morgan fingerprint density at radius 1 is 1.00 bits per heavy atom. The van der Waals surface area contributed by atoms with Gasteiger partial charge in [0, 0.05) is 13.1 Å². The Morgan fingerprint density at radius 2 is 1.38 bits per heavy atom. The van der Waals surface area contributed by atoms with Crippen molar-refractivity contribution < 1.29 is 9.59 Å². The van der Waals surface area contributed by atoms with E-state index in [9.17, 15) is 9.59 Å². The largest absolute Gasteiger partial charge is 0.315 e. The number of carbonyl (C=O) groups is 2. The molecule has 4 nitrogen and oxygen atoms in total. The van der Waals surface area contributed by atoms with Crippen molar-refractivity contribution in [3.05, 3.63) is 25.3 Å². The van der Waals surface area contributed by atoms with Crippen LogP contribution in [0.3, 0.4) is 0 Å². The number of carbonyl (C=O) groups excluding carboxylic acids is 2. The maximum Gasteiger partial charge on any atom is 0.258 e. The Hall–Kier alpha value is -0.880. The zero-order chi connectivity index (χ0) is 11.7. The molecule has 2 atom stereocenters. The summed E-state index contributed by atoms with van der Waals surface area (Å²) in [6.45, 7) is 8.07. The maximum absolute atomic E-state index is 12.0. The van der Waals surface area contributed by atoms with Crippen LogP contribution >= 0.6 is 21.6 Å². The lowest BCUT2D eigenvalue weighted by molar-refractivity contribution is -0.152. The second-order valence-corrected chi connectivity index (χ2v) is 5.89. The van der Waals surface area contributed by atoms with Gasteiger partial charge in [-0.25, -0.2) is 0 Å². The van der Waals surface area contributed by atoms with Gasteiger partial charge >= 0.3 is 0 Å². The molecule has 3 fully saturated rings. The Morgan fingerprint density at radius 3 is 1.69 bits per heavy atom. The van der Waals surface area contributed by atoms with Crippen LogP contribution in [0.2, 0.25) is 0 Å². The second-order valence-electron chi connectivity index (χ2n) is 3.46. The van der Waals surface area contributed by atoms with Crippen LogP contribution in [0.25, 0.3) is 0 Å². The molecule has 0 aliphatic carbocycles. The molecule has 0 unspecified atom stereocenters. The molecule has 3 saturated heterocycles. The molecule has 0 aromatic rings. The van der Waals surface area contributed by atoms with Gasteiger partial charge in [-0.05, 0) is 0 Å². The predicted molar refractivity (Wildman–Crippen MR) is 66.6 cm³/mol. The van der Waals surface area contributed by atoms with E-state index in [2.05, 4.69) is 13.2 Å². The highest BCUT2D eigenvalue weighted by Gasteiger charge is 2.51. The minimum Gasteiger partial charge on any atom is -0.315 e. The summed E-state index contributed by atoms with van der Waals surface area (Å²) in [6.07, 6.45) is 3.30. The van der Waals surface area contributed by atoms with Gasteiger partial charge in [0.1, 0.15) is 0 Å². The predicted octanol–water partition coefficient (Wildman–Crippen LogP) is 1.08. The first kappa shape index (κ1) is 11.6. The second kappa shape index (κ2) is 4.55. The molecule has 3 rings (SSSR count). The first-order valence-electron chi connectivity index (χ1n) is 4.85. The van der Waals surface area contributed by atoms with E-state index in [-0.39, 0.29) is 11.8 Å². The van der Waals surface area contributed by atoms with Crippen LogP contribution in [0.1, 0.15) is 0 Å². The number of fused-ring (bicyclic) bond motifs is 3. The summed E-state index contributed by atoms with van der Waals surface area (Å²) < 4.78 is 0. The average Bonchev–Trinajstić information content (AvgIpc) is 2.27. The van der Waals surface area contributed by atoms with Gasteiger partial charge < -0.3 is 9.80 Å². The third-order valence-corrected chi connectivity index (χ3v) is 5.26. The molecular formula is C10H12N2O2S2. The monoisotopic (exact) mass is 256 g/mol. The van der Waals surface area contributed by atoms with Crippen LogP contribution in [-0.4, -0.2) is 45.5 Å². The van der Waals surface area contributed by atoms with Gasteiger partial charge in [0.15, 0.2) is 10.7 Å². The van der Waals surface area contributed by atoms with E-state index >= 15 is 0 Å². The van der Waals surface area contributed by atoms with Gasteiger partial charge in [-0.1, -0.05) is 33.7 Å². The Labute approximate surface area is 102 Å². The number of hydrogen-bond acceptors (Lipinski definition) is 4. The van der Waals surface area contributed by atoms with Crippen molar-refractivity contribution in [1.29, 1.82) is 0 Å². The number of piperazine rings is 1. The van der Waals surface area contributed by atoms with Crippen molar-refractivity contribution in [2.75, 3.05) is 13.1 Å². The van der Waals surface area contributed by atoms with E-state index in [0.29, 0.717) is 13.1 Å². The molecule has 2 bridgehead atoms. The number of hydrogen-bond donors (Lipinski definition) is 0. The summed E-state index contributed by atoms with van der Waals surface area (Å²) in [4.78, 5) is 27.2. The van der Waals surface area contributed by atoms with E-state index < -0.39 is 10.7 Å². The van der Waals surface area contributed by atoms with E-state index in [1.54, 1.807) is 22.0 Å². The third-order valence-electron chi connectivity index (χ3n) is 2.44. The maximum atomic E-state index is 12.0. The highest BCUT2D eigenvalue weighted by atomic mass is 33.1. The highest BCUT2D eigenvalue weighted by Crippen LogP contribution is 2.46. The normalized spacial score (nSPS) is 28.5. The topological polar surface area (TPSA) is 40.6 Å². The van der Waals surface area contributed by atoms with Crippen molar-refractivity contribution in [2.45, 2.75) is 10.7 Å². The van der Waals surface area contributed by atoms with E-state index in [1.165, 1.54) is 21.6 Å². The van der Waals surface area contributed by atoms with Crippen molar-refractivity contribution >= 4 is 33.4 Å². The summed E-state index contributed by atoms with van der Waals surface area (Å²) in [5.41, 5.74) is 0. The molecule has 0 N–H and O–H groups in total. The number of nitrogens with zero attached hydrogens (tertiary/aromatic N) is 2. The molecule has 16 heavy (non-hydrogen) atoms. The van der Waals surface area contributed by atoms with E-state index in [1.807, 2.05) is 0 Å². The highest BCUT2D eigenvalue weighted by molar-refractivity contribution is 8.77. The zero-order valence-corrected chi connectivity index (χ0v) is 10.3. The SMILES string of the molecule is C=CCN1C(=O)[C@@H]2SS[C@@H]1C(=O)N2CC=C. The zero-order valence-electron chi connectivity index (χ0n) is 8.67. The number of rotatable bonds is 4. The Bertz CT molecular complexity index is 325. The fraction of sp³-hybridized carbons (Fsp3) is 0.400. The van der Waals surface area contributed by atoms with Crippen LogP contribution in [0.5, 0.6) is 0 Å². The van der Waals surface area contributed by atoms with Crippen LogP contribution in [0.4, 0.5) is 0 Å². The summed E-state index contributed by atoms with van der Waals surface area (Å²) in [6, 6.07) is 0. The van der Waals surface area contributed by atoms with Gasteiger partial charge in [-0.15, -0.1) is 13.2 Å². The van der Waals surface area contributed by atoms with Crippen LogP contribution in [0, 0.1) is 0 Å². The minimum atomic E-state index is -0.402. The van der Waals surface area contributed by atoms with Crippen LogP contribution in [-0.2, 0) is 9.59 Å². The van der Waals surface area contributed by atoms with Gasteiger partial charge in [0.05, 0.1) is 0 Å².